The van der Waals surface area contributed by atoms with E-state index in [1.54, 1.807) is 0 Å². The van der Waals surface area contributed by atoms with Gasteiger partial charge in [-0.1, -0.05) is 13.3 Å². The summed E-state index contributed by atoms with van der Waals surface area (Å²) in [6.45, 7) is 2.22. The van der Waals surface area contributed by atoms with Crippen LogP contribution < -0.4 is 0 Å². The molecular formula is C5H10S. The van der Waals surface area contributed by atoms with Gasteiger partial charge < -0.3 is 0 Å². The summed E-state index contributed by atoms with van der Waals surface area (Å²) in [5, 5.41) is 0.759. The average molecular weight is 102 g/mol. The Morgan fingerprint density at radius 1 is 1.83 bits per heavy atom. The molecule has 0 heterocycles. The molecule has 1 fully saturated rings. The number of rotatable bonds is 1. The fourth-order valence-electron chi connectivity index (χ4n) is 0.670. The van der Waals surface area contributed by atoms with E-state index in [0.717, 1.165) is 11.2 Å². The van der Waals surface area contributed by atoms with Crippen molar-refractivity contribution in [2.75, 3.05) is 0 Å². The standard InChI is InChI=1S/C5H10S/c1-2-4-3-5(4)6/h4-6H,2-3H2,1H3/t4?,5-/m1/s1. The summed E-state index contributed by atoms with van der Waals surface area (Å²) in [7, 11) is 0. The van der Waals surface area contributed by atoms with Crippen LogP contribution in [0.3, 0.4) is 0 Å². The zero-order valence-electron chi connectivity index (χ0n) is 4.02. The summed E-state index contributed by atoms with van der Waals surface area (Å²) in [6, 6.07) is 0. The molecule has 6 heavy (non-hydrogen) atoms. The zero-order chi connectivity index (χ0) is 4.57. The van der Waals surface area contributed by atoms with Crippen molar-refractivity contribution in [2.45, 2.75) is 25.0 Å². The summed E-state index contributed by atoms with van der Waals surface area (Å²) in [6.07, 6.45) is 2.69. The van der Waals surface area contributed by atoms with E-state index in [0.29, 0.717) is 0 Å². The third kappa shape index (κ3) is 0.700. The highest BCUT2D eigenvalue weighted by molar-refractivity contribution is 7.81. The SMILES string of the molecule is CCC1C[C@H]1S. The van der Waals surface area contributed by atoms with Crippen LogP contribution in [0.1, 0.15) is 19.8 Å². The van der Waals surface area contributed by atoms with Crippen LogP contribution in [-0.4, -0.2) is 5.25 Å². The monoisotopic (exact) mass is 102 g/mol. The van der Waals surface area contributed by atoms with Gasteiger partial charge >= 0.3 is 0 Å². The van der Waals surface area contributed by atoms with E-state index in [1.807, 2.05) is 0 Å². The smallest absolute Gasteiger partial charge is 0.00484 e. The largest absolute Gasteiger partial charge is 0.176 e. The van der Waals surface area contributed by atoms with Crippen LogP contribution in [0.25, 0.3) is 0 Å². The molecule has 0 N–H and O–H groups in total. The molecule has 0 aromatic rings. The van der Waals surface area contributed by atoms with Gasteiger partial charge in [-0.3, -0.25) is 0 Å². The van der Waals surface area contributed by atoms with Gasteiger partial charge in [-0.05, 0) is 12.3 Å². The van der Waals surface area contributed by atoms with E-state index in [2.05, 4.69) is 19.6 Å². The van der Waals surface area contributed by atoms with E-state index < -0.39 is 0 Å². The Balaban J connectivity index is 2.09. The Labute approximate surface area is 44.3 Å². The van der Waals surface area contributed by atoms with Crippen molar-refractivity contribution in [1.29, 1.82) is 0 Å². The zero-order valence-corrected chi connectivity index (χ0v) is 4.91. The molecule has 0 aromatic heterocycles. The molecule has 36 valence electrons. The lowest BCUT2D eigenvalue weighted by Crippen LogP contribution is -1.70. The Morgan fingerprint density at radius 3 is 2.33 bits per heavy atom. The molecule has 0 aromatic carbocycles. The van der Waals surface area contributed by atoms with Gasteiger partial charge in [0, 0.05) is 5.25 Å². The lowest BCUT2D eigenvalue weighted by atomic mass is 10.3. The minimum atomic E-state index is 0.759. The van der Waals surface area contributed by atoms with Crippen molar-refractivity contribution in [1.82, 2.24) is 0 Å². The van der Waals surface area contributed by atoms with E-state index in [9.17, 15) is 0 Å². The lowest BCUT2D eigenvalue weighted by Gasteiger charge is -1.78. The van der Waals surface area contributed by atoms with Gasteiger partial charge in [0.2, 0.25) is 0 Å². The summed E-state index contributed by atoms with van der Waals surface area (Å²) < 4.78 is 0. The number of thiol groups is 1. The van der Waals surface area contributed by atoms with Crippen LogP contribution in [0.15, 0.2) is 0 Å². The van der Waals surface area contributed by atoms with E-state index in [-0.39, 0.29) is 0 Å². The van der Waals surface area contributed by atoms with E-state index in [4.69, 9.17) is 0 Å². The second kappa shape index (κ2) is 1.45. The average Bonchev–Trinajstić information content (AvgIpc) is 2.19. The first-order chi connectivity index (χ1) is 2.84. The maximum absolute atomic E-state index is 4.25. The third-order valence-corrected chi connectivity index (χ3v) is 2.04. The number of hydrogen-bond donors (Lipinski definition) is 1. The van der Waals surface area contributed by atoms with Gasteiger partial charge in [-0.2, -0.15) is 12.6 Å². The van der Waals surface area contributed by atoms with Crippen molar-refractivity contribution in [3.05, 3.63) is 0 Å². The van der Waals surface area contributed by atoms with Gasteiger partial charge in [0.15, 0.2) is 0 Å². The van der Waals surface area contributed by atoms with Gasteiger partial charge in [0.1, 0.15) is 0 Å². The maximum atomic E-state index is 4.25. The molecule has 1 unspecified atom stereocenters. The Morgan fingerprint density at radius 2 is 2.33 bits per heavy atom. The Bertz CT molecular complexity index is 49.9. The summed E-state index contributed by atoms with van der Waals surface area (Å²) >= 11 is 4.25. The quantitative estimate of drug-likeness (QED) is 0.479. The first-order valence-corrected chi connectivity index (χ1v) is 3.04. The first kappa shape index (κ1) is 4.51. The van der Waals surface area contributed by atoms with Crippen molar-refractivity contribution in [3.63, 3.8) is 0 Å². The van der Waals surface area contributed by atoms with Crippen LogP contribution >= 0.6 is 12.6 Å². The molecule has 1 aliphatic rings. The molecule has 0 spiro atoms. The normalized spacial score (nSPS) is 43.0. The molecule has 1 heteroatoms. The van der Waals surface area contributed by atoms with Crippen LogP contribution in [0, 0.1) is 5.92 Å². The summed E-state index contributed by atoms with van der Waals surface area (Å²) in [5.74, 6) is 0.966. The topological polar surface area (TPSA) is 0 Å². The molecule has 1 aliphatic carbocycles. The fourth-order valence-corrected chi connectivity index (χ4v) is 1.15. The predicted molar refractivity (Wildman–Crippen MR) is 31.2 cm³/mol. The van der Waals surface area contributed by atoms with Crippen molar-refractivity contribution in [3.8, 4) is 0 Å². The van der Waals surface area contributed by atoms with Gasteiger partial charge in [0.25, 0.3) is 0 Å². The number of hydrogen-bond acceptors (Lipinski definition) is 1. The molecule has 0 aliphatic heterocycles. The Hall–Kier alpha value is 0.350. The van der Waals surface area contributed by atoms with Crippen LogP contribution in [0.4, 0.5) is 0 Å². The molecular weight excluding hydrogens is 92.1 g/mol. The fraction of sp³-hybridized carbons (Fsp3) is 1.00. The van der Waals surface area contributed by atoms with Crippen LogP contribution in [-0.2, 0) is 0 Å². The van der Waals surface area contributed by atoms with Gasteiger partial charge in [-0.15, -0.1) is 0 Å². The van der Waals surface area contributed by atoms with Gasteiger partial charge in [0.05, 0.1) is 0 Å². The van der Waals surface area contributed by atoms with Crippen molar-refractivity contribution >= 4 is 12.6 Å². The highest BCUT2D eigenvalue weighted by atomic mass is 32.1. The van der Waals surface area contributed by atoms with Crippen molar-refractivity contribution in [2.24, 2.45) is 5.92 Å². The minimum absolute atomic E-state index is 0.759. The van der Waals surface area contributed by atoms with Gasteiger partial charge in [-0.25, -0.2) is 0 Å². The maximum Gasteiger partial charge on any atom is 0.00484 e. The molecule has 0 bridgehead atoms. The van der Waals surface area contributed by atoms with Crippen molar-refractivity contribution < 1.29 is 0 Å². The molecule has 0 radical (unpaired) electrons. The predicted octanol–water partition coefficient (Wildman–Crippen LogP) is 1.71. The lowest BCUT2D eigenvalue weighted by molar-refractivity contribution is 0.804. The van der Waals surface area contributed by atoms with Crippen LogP contribution in [0.5, 0.6) is 0 Å². The molecule has 1 saturated carbocycles. The van der Waals surface area contributed by atoms with E-state index >= 15 is 0 Å². The summed E-state index contributed by atoms with van der Waals surface area (Å²) in [5.41, 5.74) is 0. The second-order valence-electron chi connectivity index (χ2n) is 1.97. The molecule has 2 atom stereocenters. The van der Waals surface area contributed by atoms with E-state index in [1.165, 1.54) is 12.8 Å². The molecule has 1 rings (SSSR count). The van der Waals surface area contributed by atoms with Crippen LogP contribution in [0.2, 0.25) is 0 Å². The molecule has 0 saturated heterocycles. The third-order valence-electron chi connectivity index (χ3n) is 1.41. The highest BCUT2D eigenvalue weighted by Gasteiger charge is 2.30. The first-order valence-electron chi connectivity index (χ1n) is 2.52. The molecule has 0 nitrogen and oxygen atoms in total. The second-order valence-corrected chi connectivity index (χ2v) is 2.63. The Kier molecular flexibility index (Phi) is 1.09. The highest BCUT2D eigenvalue weighted by Crippen LogP contribution is 2.37. The molecule has 0 amide bonds. The summed E-state index contributed by atoms with van der Waals surface area (Å²) in [4.78, 5) is 0. The minimum Gasteiger partial charge on any atom is -0.176 e.